The Labute approximate surface area is 48.9 Å². The highest BCUT2D eigenvalue weighted by Gasteiger charge is 2.09. The van der Waals surface area contributed by atoms with E-state index in [4.69, 9.17) is 5.11 Å². The van der Waals surface area contributed by atoms with E-state index in [1.807, 2.05) is 0 Å². The summed E-state index contributed by atoms with van der Waals surface area (Å²) < 4.78 is 0. The topological polar surface area (TPSA) is 40.5 Å². The minimum Gasteiger partial charge on any atom is -0.383 e. The molecule has 0 aliphatic heterocycles. The first-order valence-electron chi connectivity index (χ1n) is 2.28. The Balaban J connectivity index is 3.65. The van der Waals surface area contributed by atoms with Crippen molar-refractivity contribution in [3.63, 3.8) is 0 Å². The van der Waals surface area contributed by atoms with E-state index in [0.29, 0.717) is 0 Å². The lowest BCUT2D eigenvalue weighted by atomic mass is 10.4. The molecule has 8 heavy (non-hydrogen) atoms. The van der Waals surface area contributed by atoms with E-state index in [1.165, 1.54) is 4.90 Å². The Morgan fingerprint density at radius 1 is 1.75 bits per heavy atom. The van der Waals surface area contributed by atoms with Gasteiger partial charge >= 0.3 is 0 Å². The first-order valence-corrected chi connectivity index (χ1v) is 2.28. The first kappa shape index (κ1) is 7.43. The Morgan fingerprint density at radius 3 is 2.12 bits per heavy atom. The molecule has 1 atom stereocenters. The van der Waals surface area contributed by atoms with Crippen molar-refractivity contribution in [2.45, 2.75) is 6.10 Å². The van der Waals surface area contributed by atoms with Crippen LogP contribution in [0.5, 0.6) is 0 Å². The molecule has 0 rings (SSSR count). The minimum absolute atomic E-state index is 0.370. The van der Waals surface area contributed by atoms with Crippen molar-refractivity contribution in [2.24, 2.45) is 0 Å². The SMILES string of the molecule is [CH2]C(O)C(=O)N(C)C. The fourth-order valence-electron chi connectivity index (χ4n) is 0.298. The summed E-state index contributed by atoms with van der Waals surface area (Å²) in [5, 5.41) is 8.49. The molecule has 1 unspecified atom stereocenters. The van der Waals surface area contributed by atoms with Gasteiger partial charge in [-0.15, -0.1) is 0 Å². The van der Waals surface area contributed by atoms with E-state index in [9.17, 15) is 4.79 Å². The summed E-state index contributed by atoms with van der Waals surface area (Å²) in [5.41, 5.74) is 0. The van der Waals surface area contributed by atoms with Crippen LogP contribution in [0.2, 0.25) is 0 Å². The van der Waals surface area contributed by atoms with Gasteiger partial charge in [-0.1, -0.05) is 0 Å². The van der Waals surface area contributed by atoms with Crippen LogP contribution in [0.15, 0.2) is 0 Å². The molecule has 0 aromatic rings. The summed E-state index contributed by atoms with van der Waals surface area (Å²) in [5.74, 6) is -0.370. The zero-order valence-corrected chi connectivity index (χ0v) is 5.09. The lowest BCUT2D eigenvalue weighted by Gasteiger charge is -2.10. The van der Waals surface area contributed by atoms with Crippen LogP contribution in [0.4, 0.5) is 0 Å². The minimum atomic E-state index is -1.12. The van der Waals surface area contributed by atoms with E-state index in [-0.39, 0.29) is 5.91 Å². The fourth-order valence-corrected chi connectivity index (χ4v) is 0.298. The van der Waals surface area contributed by atoms with Crippen LogP contribution in [-0.2, 0) is 4.79 Å². The van der Waals surface area contributed by atoms with Crippen LogP contribution in [0.1, 0.15) is 0 Å². The summed E-state index contributed by atoms with van der Waals surface area (Å²) in [7, 11) is 3.13. The average molecular weight is 116 g/mol. The van der Waals surface area contributed by atoms with Gasteiger partial charge in [0.1, 0.15) is 6.10 Å². The van der Waals surface area contributed by atoms with E-state index < -0.39 is 6.10 Å². The van der Waals surface area contributed by atoms with Gasteiger partial charge in [0.05, 0.1) is 0 Å². The molecule has 0 spiro atoms. The van der Waals surface area contributed by atoms with Gasteiger partial charge in [0.2, 0.25) is 0 Å². The van der Waals surface area contributed by atoms with Gasteiger partial charge in [0.15, 0.2) is 0 Å². The normalized spacial score (nSPS) is 13.0. The number of hydrogen-bond acceptors (Lipinski definition) is 2. The van der Waals surface area contributed by atoms with Crippen LogP contribution in [0, 0.1) is 6.92 Å². The molecule has 47 valence electrons. The van der Waals surface area contributed by atoms with Gasteiger partial charge in [-0.05, 0) is 6.92 Å². The van der Waals surface area contributed by atoms with Gasteiger partial charge in [-0.2, -0.15) is 0 Å². The van der Waals surface area contributed by atoms with Gasteiger partial charge in [-0.3, -0.25) is 4.79 Å². The van der Waals surface area contributed by atoms with E-state index in [2.05, 4.69) is 6.92 Å². The summed E-state index contributed by atoms with van der Waals surface area (Å²) in [6.45, 7) is 3.12. The zero-order chi connectivity index (χ0) is 6.73. The molecule has 0 bridgehead atoms. The Kier molecular flexibility index (Phi) is 2.48. The molecule has 0 saturated heterocycles. The first-order chi connectivity index (χ1) is 3.55. The molecule has 3 nitrogen and oxygen atoms in total. The van der Waals surface area contributed by atoms with Crippen molar-refractivity contribution >= 4 is 5.91 Å². The largest absolute Gasteiger partial charge is 0.383 e. The van der Waals surface area contributed by atoms with Crippen molar-refractivity contribution in [1.82, 2.24) is 4.90 Å². The second-order valence-electron chi connectivity index (χ2n) is 1.75. The standard InChI is InChI=1S/C5H10NO2/c1-4(7)5(8)6(2)3/h4,7H,1H2,2-3H3. The third kappa shape index (κ3) is 1.93. The predicted octanol–water partition coefficient (Wildman–Crippen LogP) is -0.730. The molecule has 3 heteroatoms. The molecule has 0 aliphatic rings. The van der Waals surface area contributed by atoms with E-state index >= 15 is 0 Å². The van der Waals surface area contributed by atoms with Crippen LogP contribution in [0.25, 0.3) is 0 Å². The Bertz CT molecular complexity index is 78.4. The summed E-state index contributed by atoms with van der Waals surface area (Å²) in [6.07, 6.45) is -1.12. The Hall–Kier alpha value is -0.570. The molecule has 0 aromatic carbocycles. The quantitative estimate of drug-likeness (QED) is 0.490. The number of aliphatic hydroxyl groups is 1. The molecule has 0 saturated carbocycles. The molecular weight excluding hydrogens is 106 g/mol. The highest BCUT2D eigenvalue weighted by molar-refractivity contribution is 5.80. The maximum absolute atomic E-state index is 10.5. The number of likely N-dealkylation sites (N-methyl/N-ethyl adjacent to an activating group) is 1. The summed E-state index contributed by atoms with van der Waals surface area (Å²) in [4.78, 5) is 11.7. The van der Waals surface area contributed by atoms with Crippen LogP contribution in [0.3, 0.4) is 0 Å². The number of hydrogen-bond donors (Lipinski definition) is 1. The maximum Gasteiger partial charge on any atom is 0.250 e. The van der Waals surface area contributed by atoms with Crippen molar-refractivity contribution in [3.05, 3.63) is 6.92 Å². The van der Waals surface area contributed by atoms with Crippen LogP contribution in [-0.4, -0.2) is 36.1 Å². The van der Waals surface area contributed by atoms with Gasteiger partial charge < -0.3 is 10.0 Å². The average Bonchev–Trinajstić information content (AvgIpc) is 1.64. The molecule has 0 aliphatic carbocycles. The second kappa shape index (κ2) is 2.67. The van der Waals surface area contributed by atoms with Crippen LogP contribution < -0.4 is 0 Å². The second-order valence-corrected chi connectivity index (χ2v) is 1.75. The lowest BCUT2D eigenvalue weighted by molar-refractivity contribution is -0.135. The third-order valence-corrected chi connectivity index (χ3v) is 0.726. The van der Waals surface area contributed by atoms with Gasteiger partial charge in [-0.25, -0.2) is 0 Å². The predicted molar refractivity (Wildman–Crippen MR) is 30.1 cm³/mol. The number of carbonyl (C=O) groups is 1. The maximum atomic E-state index is 10.5. The highest BCUT2D eigenvalue weighted by Crippen LogP contribution is 1.84. The molecule has 1 radical (unpaired) electrons. The fraction of sp³-hybridized carbons (Fsp3) is 0.600. The van der Waals surface area contributed by atoms with Crippen molar-refractivity contribution in [1.29, 1.82) is 0 Å². The molecule has 1 amide bonds. The molecule has 1 N–H and O–H groups in total. The Morgan fingerprint density at radius 2 is 2.12 bits per heavy atom. The highest BCUT2D eigenvalue weighted by atomic mass is 16.3. The number of rotatable bonds is 1. The summed E-state index contributed by atoms with van der Waals surface area (Å²) in [6, 6.07) is 0. The molecule has 0 heterocycles. The monoisotopic (exact) mass is 116 g/mol. The van der Waals surface area contributed by atoms with Crippen LogP contribution >= 0.6 is 0 Å². The van der Waals surface area contributed by atoms with Crippen molar-refractivity contribution in [2.75, 3.05) is 14.1 Å². The van der Waals surface area contributed by atoms with Gasteiger partial charge in [0.25, 0.3) is 5.91 Å². The van der Waals surface area contributed by atoms with Crippen molar-refractivity contribution in [3.8, 4) is 0 Å². The molecule has 0 aromatic heterocycles. The number of amides is 1. The number of nitrogens with zero attached hydrogens (tertiary/aromatic N) is 1. The molecule has 0 fully saturated rings. The van der Waals surface area contributed by atoms with E-state index in [1.54, 1.807) is 14.1 Å². The molecular formula is C5H10NO2. The van der Waals surface area contributed by atoms with E-state index in [0.717, 1.165) is 0 Å². The third-order valence-electron chi connectivity index (χ3n) is 0.726. The zero-order valence-electron chi connectivity index (χ0n) is 5.09. The van der Waals surface area contributed by atoms with Gasteiger partial charge in [0, 0.05) is 14.1 Å². The smallest absolute Gasteiger partial charge is 0.250 e. The summed E-state index contributed by atoms with van der Waals surface area (Å²) >= 11 is 0. The van der Waals surface area contributed by atoms with Crippen molar-refractivity contribution < 1.29 is 9.90 Å². The lowest BCUT2D eigenvalue weighted by Crippen LogP contribution is -2.31. The number of carbonyl (C=O) groups excluding carboxylic acids is 1. The number of aliphatic hydroxyl groups excluding tert-OH is 1.